The fourth-order valence-electron chi connectivity index (χ4n) is 5.82. The molecule has 0 spiro atoms. The highest BCUT2D eigenvalue weighted by Gasteiger charge is 2.29. The summed E-state index contributed by atoms with van der Waals surface area (Å²) in [5, 5.41) is 48.7. The molecule has 0 radical (unpaired) electrons. The van der Waals surface area contributed by atoms with E-state index in [0.717, 1.165) is 11.3 Å². The summed E-state index contributed by atoms with van der Waals surface area (Å²) >= 11 is 0. The summed E-state index contributed by atoms with van der Waals surface area (Å²) < 4.78 is 0. The topological polar surface area (TPSA) is 115 Å². The van der Waals surface area contributed by atoms with Gasteiger partial charge in [-0.15, -0.1) is 0 Å². The van der Waals surface area contributed by atoms with E-state index < -0.39 is 0 Å². The van der Waals surface area contributed by atoms with Gasteiger partial charge >= 0.3 is 0 Å². The Bertz CT molecular complexity index is 1900. The predicted octanol–water partition coefficient (Wildman–Crippen LogP) is 8.99. The van der Waals surface area contributed by atoms with Gasteiger partial charge in [-0.05, 0) is 167 Å². The summed E-state index contributed by atoms with van der Waals surface area (Å²) in [6, 6.07) is 23.1. The van der Waals surface area contributed by atoms with Gasteiger partial charge < -0.3 is 20.4 Å². The first-order valence-corrected chi connectivity index (χ1v) is 15.9. The molecule has 0 aliphatic heterocycles. The van der Waals surface area contributed by atoms with Crippen LogP contribution in [0.3, 0.4) is 0 Å². The molecule has 48 heavy (non-hydrogen) atoms. The van der Waals surface area contributed by atoms with Crippen molar-refractivity contribution in [1.82, 2.24) is 0 Å². The molecule has 9 heteroatoms. The summed E-state index contributed by atoms with van der Waals surface area (Å²) in [6.45, 7) is 16.9. The molecule has 5 rings (SSSR count). The first kappa shape index (κ1) is 33.7. The first-order valence-electron chi connectivity index (χ1n) is 15.9. The average Bonchev–Trinajstić information content (AvgIpc) is 3.03. The fraction of sp³-hybridized carbons (Fsp3) is 0.231. The monoisotopic (exact) mass is 647 g/mol. The number of anilines is 5. The van der Waals surface area contributed by atoms with Crippen LogP contribution in [-0.2, 0) is 0 Å². The second-order valence-corrected chi connectivity index (χ2v) is 12.7. The molecule has 5 aromatic carbocycles. The fourth-order valence-corrected chi connectivity index (χ4v) is 5.82. The van der Waals surface area contributed by atoms with E-state index in [1.54, 1.807) is 0 Å². The highest BCUT2D eigenvalue weighted by Crippen LogP contribution is 2.38. The lowest BCUT2D eigenvalue weighted by Crippen LogP contribution is -2.59. The summed E-state index contributed by atoms with van der Waals surface area (Å²) in [4.78, 5) is 0. The lowest BCUT2D eigenvalue weighted by atomic mass is 10.1. The number of aryl methyl sites for hydroxylation is 9. The van der Waals surface area contributed by atoms with Crippen molar-refractivity contribution in [3.8, 4) is 23.0 Å². The van der Waals surface area contributed by atoms with Crippen LogP contribution in [0.5, 0.6) is 23.0 Å². The second-order valence-electron chi connectivity index (χ2n) is 12.7. The Morgan fingerprint density at radius 3 is 1.02 bits per heavy atom. The highest BCUT2D eigenvalue weighted by atomic mass is 16.3. The van der Waals surface area contributed by atoms with Crippen molar-refractivity contribution in [3.05, 3.63) is 123 Å². The van der Waals surface area contributed by atoms with E-state index in [1.165, 1.54) is 0 Å². The molecule has 9 nitrogen and oxygen atoms in total. The first-order chi connectivity index (χ1) is 22.6. The number of phenols is 4. The van der Waals surface area contributed by atoms with E-state index in [2.05, 4.69) is 10.9 Å². The minimum atomic E-state index is 0.202. The number of benzene rings is 5. The third kappa shape index (κ3) is 6.71. The van der Waals surface area contributed by atoms with Crippen molar-refractivity contribution < 1.29 is 20.4 Å². The van der Waals surface area contributed by atoms with Gasteiger partial charge in [-0.3, -0.25) is 10.9 Å². The quantitative estimate of drug-likeness (QED) is 0.0689. The number of hydrogen-bond donors (Lipinski definition) is 6. The molecular weight excluding hydrogens is 602 g/mol. The molecule has 250 valence electrons. The van der Waals surface area contributed by atoms with E-state index in [0.29, 0.717) is 67.3 Å². The van der Waals surface area contributed by atoms with Crippen LogP contribution in [-0.4, -0.2) is 20.4 Å². The maximum atomic E-state index is 10.9. The number of nitrogens with one attached hydrogen (secondary N) is 2. The van der Waals surface area contributed by atoms with Gasteiger partial charge in [0.1, 0.15) is 23.0 Å². The molecule has 0 unspecified atom stereocenters. The van der Waals surface area contributed by atoms with Crippen molar-refractivity contribution in [1.29, 1.82) is 0 Å². The summed E-state index contributed by atoms with van der Waals surface area (Å²) in [5.74, 6) is 0.848. The SMILES string of the molecule is Cc1ccc(NN(c2cc(C)c(O)c(C)c2)N(c2cc(C)c(O)c(C)c2)N(Nc2cc(C)c(O)c(C)c2)c2cc(C)c(O)c(C)c2)cc1. The number of rotatable bonds is 9. The van der Waals surface area contributed by atoms with Gasteiger partial charge in [0, 0.05) is 0 Å². The van der Waals surface area contributed by atoms with Crippen LogP contribution in [0.4, 0.5) is 28.4 Å². The van der Waals surface area contributed by atoms with E-state index in [4.69, 9.17) is 0 Å². The number of aromatic hydroxyl groups is 4. The third-order valence-corrected chi connectivity index (χ3v) is 8.54. The molecule has 0 aliphatic carbocycles. The van der Waals surface area contributed by atoms with Gasteiger partial charge in [-0.2, -0.15) is 15.4 Å². The highest BCUT2D eigenvalue weighted by molar-refractivity contribution is 5.74. The Balaban J connectivity index is 1.86. The van der Waals surface area contributed by atoms with E-state index in [1.807, 2.05) is 150 Å². The Morgan fingerprint density at radius 1 is 0.375 bits per heavy atom. The van der Waals surface area contributed by atoms with Gasteiger partial charge in [0.05, 0.1) is 28.4 Å². The van der Waals surface area contributed by atoms with Crippen LogP contribution < -0.4 is 26.2 Å². The van der Waals surface area contributed by atoms with Gasteiger partial charge in [0.2, 0.25) is 0 Å². The molecule has 6 N–H and O–H groups in total. The molecule has 0 bridgehead atoms. The van der Waals surface area contributed by atoms with E-state index >= 15 is 0 Å². The van der Waals surface area contributed by atoms with Crippen molar-refractivity contribution >= 4 is 28.4 Å². The van der Waals surface area contributed by atoms with Gasteiger partial charge in [-0.1, -0.05) is 17.7 Å². The summed E-state index contributed by atoms with van der Waals surface area (Å²) in [7, 11) is 0. The molecule has 0 saturated carbocycles. The van der Waals surface area contributed by atoms with Gasteiger partial charge in [0.15, 0.2) is 0 Å². The maximum Gasteiger partial charge on any atom is 0.121 e. The zero-order chi connectivity index (χ0) is 35.0. The third-order valence-electron chi connectivity index (χ3n) is 8.54. The number of hydrogen-bond acceptors (Lipinski definition) is 9. The molecule has 0 amide bonds. The minimum Gasteiger partial charge on any atom is -0.507 e. The smallest absolute Gasteiger partial charge is 0.121 e. The molecule has 5 aromatic rings. The Kier molecular flexibility index (Phi) is 9.25. The molecule has 0 atom stereocenters. The van der Waals surface area contributed by atoms with Gasteiger partial charge in [-0.25, -0.2) is 0 Å². The van der Waals surface area contributed by atoms with E-state index in [-0.39, 0.29) is 23.0 Å². The lowest BCUT2D eigenvalue weighted by Gasteiger charge is -2.46. The molecule has 0 saturated heterocycles. The normalized spacial score (nSPS) is 10.9. The molecule has 0 heterocycles. The van der Waals surface area contributed by atoms with Crippen molar-refractivity contribution in [3.63, 3.8) is 0 Å². The lowest BCUT2D eigenvalue weighted by molar-refractivity contribution is 0.466. The van der Waals surface area contributed by atoms with Crippen molar-refractivity contribution in [2.24, 2.45) is 0 Å². The predicted molar refractivity (Wildman–Crippen MR) is 196 cm³/mol. The van der Waals surface area contributed by atoms with Crippen molar-refractivity contribution in [2.45, 2.75) is 62.3 Å². The number of hydrazine groups is 4. The summed E-state index contributed by atoms with van der Waals surface area (Å²) in [6.07, 6.45) is 0. The van der Waals surface area contributed by atoms with Crippen LogP contribution in [0.1, 0.15) is 50.1 Å². The zero-order valence-corrected chi connectivity index (χ0v) is 29.1. The minimum absolute atomic E-state index is 0.202. The average molecular weight is 648 g/mol. The second kappa shape index (κ2) is 13.2. The van der Waals surface area contributed by atoms with Crippen LogP contribution in [0.2, 0.25) is 0 Å². The molecule has 0 aliphatic rings. The molecular formula is C39H45N5O4. The maximum absolute atomic E-state index is 10.9. The van der Waals surface area contributed by atoms with Crippen LogP contribution >= 0.6 is 0 Å². The Hall–Kier alpha value is -5.70. The van der Waals surface area contributed by atoms with E-state index in [9.17, 15) is 20.4 Å². The van der Waals surface area contributed by atoms with Gasteiger partial charge in [0.25, 0.3) is 0 Å². The van der Waals surface area contributed by atoms with Crippen molar-refractivity contribution in [2.75, 3.05) is 26.2 Å². The van der Waals surface area contributed by atoms with Crippen LogP contribution in [0.25, 0.3) is 0 Å². The molecule has 0 aromatic heterocycles. The number of phenolic OH excluding ortho intramolecular Hbond substituents is 4. The Labute approximate surface area is 282 Å². The van der Waals surface area contributed by atoms with Crippen LogP contribution in [0.15, 0.2) is 72.8 Å². The standard InChI is InChI=1S/C39H45N5O4/c1-22-10-12-31(13-11-22)40-42(33-16-25(4)37(46)26(5)17-33)44(35-20-29(8)39(48)30(9)21-35)43(34-18-27(6)38(47)28(7)19-34)41-32-14-23(2)36(45)24(3)15-32/h10-21,40-41,45-48H,1-9H3. The summed E-state index contributed by atoms with van der Waals surface area (Å²) in [5.41, 5.74) is 17.4. The molecule has 0 fully saturated rings. The van der Waals surface area contributed by atoms with Crippen LogP contribution in [0, 0.1) is 62.3 Å². The largest absolute Gasteiger partial charge is 0.507 e. The zero-order valence-electron chi connectivity index (χ0n) is 29.1. The number of nitrogens with zero attached hydrogens (tertiary/aromatic N) is 3. The Morgan fingerprint density at radius 2 is 0.667 bits per heavy atom.